The molecule has 0 unspecified atom stereocenters. The Hall–Kier alpha value is -3.58. The Balaban J connectivity index is 1.56. The molecule has 0 radical (unpaired) electrons. The molecule has 2 aromatic carbocycles. The third kappa shape index (κ3) is 5.48. The van der Waals surface area contributed by atoms with E-state index < -0.39 is 0 Å². The van der Waals surface area contributed by atoms with Gasteiger partial charge in [-0.2, -0.15) is 0 Å². The summed E-state index contributed by atoms with van der Waals surface area (Å²) in [5.41, 5.74) is 4.92. The zero-order valence-electron chi connectivity index (χ0n) is 20.2. The number of hydrogen-bond acceptors (Lipinski definition) is 6. The van der Waals surface area contributed by atoms with Gasteiger partial charge >= 0.3 is 0 Å². The van der Waals surface area contributed by atoms with Gasteiger partial charge in [0.1, 0.15) is 18.1 Å². The van der Waals surface area contributed by atoms with Gasteiger partial charge in [0.25, 0.3) is 0 Å². The highest BCUT2D eigenvalue weighted by Crippen LogP contribution is 2.34. The van der Waals surface area contributed by atoms with E-state index in [1.165, 1.54) is 0 Å². The van der Waals surface area contributed by atoms with Crippen molar-refractivity contribution in [2.45, 2.75) is 6.42 Å². The number of likely N-dealkylation sites (N-methyl/N-ethyl adjacent to an activating group) is 2. The average Bonchev–Trinajstić information content (AvgIpc) is 2.87. The second-order valence-electron chi connectivity index (χ2n) is 8.87. The number of benzene rings is 2. The van der Waals surface area contributed by atoms with Crippen molar-refractivity contribution in [3.8, 4) is 22.6 Å². The van der Waals surface area contributed by atoms with Crippen LogP contribution in [0.5, 0.6) is 11.5 Å². The van der Waals surface area contributed by atoms with Crippen molar-refractivity contribution in [2.24, 2.45) is 5.92 Å². The van der Waals surface area contributed by atoms with Gasteiger partial charge in [-0.15, -0.1) is 0 Å². The van der Waals surface area contributed by atoms with Crippen LogP contribution in [0.3, 0.4) is 0 Å². The van der Waals surface area contributed by atoms with Gasteiger partial charge in [-0.1, -0.05) is 6.07 Å². The fourth-order valence-corrected chi connectivity index (χ4v) is 4.05. The smallest absolute Gasteiger partial charge is 0.231 e. The first-order valence-electron chi connectivity index (χ1n) is 11.5. The van der Waals surface area contributed by atoms with E-state index in [-0.39, 0.29) is 11.8 Å². The van der Waals surface area contributed by atoms with Crippen LogP contribution in [0.2, 0.25) is 0 Å². The second-order valence-corrected chi connectivity index (χ2v) is 8.87. The van der Waals surface area contributed by atoms with Crippen LogP contribution in [-0.4, -0.2) is 63.7 Å². The number of anilines is 2. The van der Waals surface area contributed by atoms with Gasteiger partial charge in [0.2, 0.25) is 5.91 Å². The molecule has 3 aromatic rings. The minimum Gasteiger partial charge on any atom is -0.497 e. The molecule has 0 spiro atoms. The van der Waals surface area contributed by atoms with Crippen molar-refractivity contribution in [3.05, 3.63) is 66.5 Å². The zero-order chi connectivity index (χ0) is 24.1. The molecule has 0 bridgehead atoms. The van der Waals surface area contributed by atoms with Gasteiger partial charge in [-0.25, -0.2) is 0 Å². The topological polar surface area (TPSA) is 66.9 Å². The van der Waals surface area contributed by atoms with Crippen molar-refractivity contribution >= 4 is 17.3 Å². The molecule has 1 aromatic heterocycles. The third-order valence-corrected chi connectivity index (χ3v) is 6.11. The molecule has 4 rings (SSSR count). The standard InChI is InChI=1S/C27H32N4O3/c1-30(2)13-14-31(3)25-17-20(19-9-11-28-12-10-19)5-7-24(25)29-27(32)22-15-21-16-23(33-4)6-8-26(21)34-18-22/h5-12,16-17,22H,13-15,18H2,1-4H3,(H,29,32)/t22-/m1/s1. The molecule has 0 saturated heterocycles. The molecule has 0 aliphatic carbocycles. The fraction of sp³-hybridized carbons (Fsp3) is 0.333. The number of hydrogen-bond donors (Lipinski definition) is 1. The molecule has 34 heavy (non-hydrogen) atoms. The lowest BCUT2D eigenvalue weighted by Crippen LogP contribution is -2.33. The summed E-state index contributed by atoms with van der Waals surface area (Å²) < 4.78 is 11.2. The van der Waals surface area contributed by atoms with Crippen LogP contribution in [0.15, 0.2) is 60.9 Å². The summed E-state index contributed by atoms with van der Waals surface area (Å²) in [6, 6.07) is 15.8. The highest BCUT2D eigenvalue weighted by molar-refractivity contribution is 5.97. The maximum atomic E-state index is 13.3. The molecule has 1 aliphatic rings. The third-order valence-electron chi connectivity index (χ3n) is 6.11. The minimum atomic E-state index is -0.278. The lowest BCUT2D eigenvalue weighted by molar-refractivity contribution is -0.121. The number of fused-ring (bicyclic) bond motifs is 1. The van der Waals surface area contributed by atoms with Gasteiger partial charge in [0.15, 0.2) is 0 Å². The number of rotatable bonds is 8. The van der Waals surface area contributed by atoms with Crippen LogP contribution in [0.4, 0.5) is 11.4 Å². The summed E-state index contributed by atoms with van der Waals surface area (Å²) in [5.74, 6) is 1.25. The zero-order valence-corrected chi connectivity index (χ0v) is 20.2. The molecule has 1 N–H and O–H groups in total. The van der Waals surface area contributed by atoms with E-state index in [9.17, 15) is 4.79 Å². The summed E-state index contributed by atoms with van der Waals surface area (Å²) in [4.78, 5) is 21.7. The first-order valence-corrected chi connectivity index (χ1v) is 11.5. The summed E-state index contributed by atoms with van der Waals surface area (Å²) in [7, 11) is 7.80. The van der Waals surface area contributed by atoms with E-state index in [0.717, 1.165) is 52.7 Å². The molecule has 2 heterocycles. The predicted molar refractivity (Wildman–Crippen MR) is 136 cm³/mol. The number of amides is 1. The molecule has 1 aliphatic heterocycles. The number of nitrogens with zero attached hydrogens (tertiary/aromatic N) is 3. The molecule has 7 nitrogen and oxygen atoms in total. The first kappa shape index (κ1) is 23.6. The number of methoxy groups -OCH3 is 1. The van der Waals surface area contributed by atoms with E-state index in [4.69, 9.17) is 9.47 Å². The summed E-state index contributed by atoms with van der Waals surface area (Å²) in [5, 5.41) is 3.17. The molecule has 0 fully saturated rings. The predicted octanol–water partition coefficient (Wildman–Crippen LogP) is 3.94. The normalized spacial score (nSPS) is 14.8. The molecule has 1 atom stereocenters. The molecule has 178 valence electrons. The Labute approximate surface area is 201 Å². The average molecular weight is 461 g/mol. The number of ether oxygens (including phenoxy) is 2. The quantitative estimate of drug-likeness (QED) is 0.549. The van der Waals surface area contributed by atoms with Gasteiger partial charge in [0.05, 0.1) is 24.4 Å². The van der Waals surface area contributed by atoms with E-state index >= 15 is 0 Å². The summed E-state index contributed by atoms with van der Waals surface area (Å²) >= 11 is 0. The van der Waals surface area contributed by atoms with E-state index in [1.54, 1.807) is 19.5 Å². The Kier molecular flexibility index (Phi) is 7.33. The van der Waals surface area contributed by atoms with Crippen LogP contribution in [0.1, 0.15) is 5.56 Å². The molecule has 0 saturated carbocycles. The first-order chi connectivity index (χ1) is 16.4. The molecule has 7 heteroatoms. The second kappa shape index (κ2) is 10.6. The molecular formula is C27H32N4O3. The number of carbonyl (C=O) groups excluding carboxylic acids is 1. The van der Waals surface area contributed by atoms with Crippen molar-refractivity contribution in [2.75, 3.05) is 58.2 Å². The van der Waals surface area contributed by atoms with Gasteiger partial charge < -0.3 is 24.6 Å². The van der Waals surface area contributed by atoms with Crippen molar-refractivity contribution in [1.29, 1.82) is 0 Å². The number of nitrogens with one attached hydrogen (secondary N) is 1. The van der Waals surface area contributed by atoms with Crippen molar-refractivity contribution < 1.29 is 14.3 Å². The van der Waals surface area contributed by atoms with Crippen molar-refractivity contribution in [1.82, 2.24) is 9.88 Å². The highest BCUT2D eigenvalue weighted by Gasteiger charge is 2.27. The van der Waals surface area contributed by atoms with Crippen LogP contribution < -0.4 is 19.7 Å². The van der Waals surface area contributed by atoms with Gasteiger partial charge in [0, 0.05) is 32.5 Å². The Bertz CT molecular complexity index is 1130. The largest absolute Gasteiger partial charge is 0.497 e. The number of carbonyl (C=O) groups is 1. The fourth-order valence-electron chi connectivity index (χ4n) is 4.05. The Morgan fingerprint density at radius 1 is 1.06 bits per heavy atom. The summed E-state index contributed by atoms with van der Waals surface area (Å²) in [6.45, 7) is 2.08. The maximum absolute atomic E-state index is 13.3. The van der Waals surface area contributed by atoms with Crippen LogP contribution in [0, 0.1) is 5.92 Å². The lowest BCUT2D eigenvalue weighted by atomic mass is 9.95. The van der Waals surface area contributed by atoms with Crippen LogP contribution >= 0.6 is 0 Å². The highest BCUT2D eigenvalue weighted by atomic mass is 16.5. The van der Waals surface area contributed by atoms with Crippen LogP contribution in [-0.2, 0) is 11.2 Å². The van der Waals surface area contributed by atoms with Crippen molar-refractivity contribution in [3.63, 3.8) is 0 Å². The summed E-state index contributed by atoms with van der Waals surface area (Å²) in [6.07, 6.45) is 4.19. The van der Waals surface area contributed by atoms with Gasteiger partial charge in [-0.05, 0) is 79.7 Å². The Morgan fingerprint density at radius 3 is 2.59 bits per heavy atom. The number of pyridine rings is 1. The van der Waals surface area contributed by atoms with E-state index in [0.29, 0.717) is 13.0 Å². The lowest BCUT2D eigenvalue weighted by Gasteiger charge is -2.27. The molecular weight excluding hydrogens is 428 g/mol. The molecule has 1 amide bonds. The monoisotopic (exact) mass is 460 g/mol. The SMILES string of the molecule is COc1ccc2c(c1)C[C@@H](C(=O)Nc1ccc(-c3ccncc3)cc1N(C)CCN(C)C)CO2. The van der Waals surface area contributed by atoms with E-state index in [1.807, 2.05) is 42.5 Å². The van der Waals surface area contributed by atoms with E-state index in [2.05, 4.69) is 47.3 Å². The van der Waals surface area contributed by atoms with Gasteiger partial charge in [-0.3, -0.25) is 9.78 Å². The minimum absolute atomic E-state index is 0.0487. The number of aromatic nitrogens is 1. The Morgan fingerprint density at radius 2 is 1.85 bits per heavy atom. The van der Waals surface area contributed by atoms with Crippen LogP contribution in [0.25, 0.3) is 11.1 Å². The maximum Gasteiger partial charge on any atom is 0.231 e.